The maximum absolute atomic E-state index is 11.4. The predicted octanol–water partition coefficient (Wildman–Crippen LogP) is 1.26. The van der Waals surface area contributed by atoms with Gasteiger partial charge in [-0.05, 0) is 12.8 Å². The van der Waals surface area contributed by atoms with E-state index in [4.69, 9.17) is 0 Å². The average molecular weight is 205 g/mol. The van der Waals surface area contributed by atoms with Crippen molar-refractivity contribution in [3.05, 3.63) is 0 Å². The van der Waals surface area contributed by atoms with E-state index in [1.54, 1.807) is 0 Å². The summed E-state index contributed by atoms with van der Waals surface area (Å²) in [7, 11) is -4.36. The minimum Gasteiger partial charge on any atom is -0.748 e. The first-order valence-corrected chi connectivity index (χ1v) is 4.79. The fraction of sp³-hybridized carbons (Fsp3) is 1.00. The van der Waals surface area contributed by atoms with Crippen LogP contribution in [-0.4, -0.2) is 24.9 Å². The molecule has 0 saturated carbocycles. The highest BCUT2D eigenvalue weighted by molar-refractivity contribution is 7.85. The molecule has 0 aliphatic rings. The van der Waals surface area contributed by atoms with E-state index in [-0.39, 0.29) is 12.8 Å². The zero-order valence-electron chi connectivity index (χ0n) is 6.10. The molecule has 0 bridgehead atoms. The summed E-state index contributed by atoms with van der Waals surface area (Å²) >= 11 is 0. The summed E-state index contributed by atoms with van der Waals surface area (Å²) in [5, 5.41) is 0. The van der Waals surface area contributed by atoms with Crippen molar-refractivity contribution in [2.75, 3.05) is 5.75 Å². The minimum absolute atomic E-state index is 0.231. The number of hydrogen-bond acceptors (Lipinski definition) is 3. The lowest BCUT2D eigenvalue weighted by molar-refractivity contribution is -0.135. The molecule has 0 N–H and O–H groups in total. The standard InChI is InChI=1S/C5H9F3O3S/c6-5(7,8)3-1-2-4-12(9,10)11/h1-4H2,(H,9,10,11)/p-1. The van der Waals surface area contributed by atoms with Gasteiger partial charge in [-0.15, -0.1) is 0 Å². The molecule has 0 unspecified atom stereocenters. The molecule has 0 spiro atoms. The molecule has 3 nitrogen and oxygen atoms in total. The first kappa shape index (κ1) is 11.7. The summed E-state index contributed by atoms with van der Waals surface area (Å²) in [6, 6.07) is 0. The van der Waals surface area contributed by atoms with Crippen LogP contribution in [0.2, 0.25) is 0 Å². The van der Waals surface area contributed by atoms with Gasteiger partial charge in [0.15, 0.2) is 0 Å². The predicted molar refractivity (Wildman–Crippen MR) is 34.5 cm³/mol. The maximum Gasteiger partial charge on any atom is 0.389 e. The third kappa shape index (κ3) is 9.70. The second kappa shape index (κ2) is 4.08. The number of unbranched alkanes of at least 4 members (excludes halogenated alkanes) is 1. The van der Waals surface area contributed by atoms with Crippen LogP contribution in [0.3, 0.4) is 0 Å². The molecule has 0 aromatic carbocycles. The van der Waals surface area contributed by atoms with Gasteiger partial charge in [0.2, 0.25) is 0 Å². The molecule has 0 radical (unpaired) electrons. The van der Waals surface area contributed by atoms with Crippen LogP contribution in [0.4, 0.5) is 13.2 Å². The van der Waals surface area contributed by atoms with Crippen molar-refractivity contribution in [1.29, 1.82) is 0 Å². The van der Waals surface area contributed by atoms with Crippen LogP contribution >= 0.6 is 0 Å². The molecule has 0 saturated heterocycles. The van der Waals surface area contributed by atoms with Gasteiger partial charge < -0.3 is 4.55 Å². The average Bonchev–Trinajstić information content (AvgIpc) is 1.76. The van der Waals surface area contributed by atoms with Crippen LogP contribution in [-0.2, 0) is 10.1 Å². The fourth-order valence-electron chi connectivity index (χ4n) is 0.604. The zero-order chi connectivity index (χ0) is 9.83. The Kier molecular flexibility index (Phi) is 3.98. The zero-order valence-corrected chi connectivity index (χ0v) is 6.91. The number of hydrogen-bond donors (Lipinski definition) is 0. The van der Waals surface area contributed by atoms with Gasteiger partial charge in [0, 0.05) is 12.2 Å². The van der Waals surface area contributed by atoms with Crippen molar-refractivity contribution in [2.45, 2.75) is 25.4 Å². The number of rotatable bonds is 4. The second-order valence-electron chi connectivity index (χ2n) is 2.33. The normalized spacial score (nSPS) is 13.3. The summed E-state index contributed by atoms with van der Waals surface area (Å²) in [4.78, 5) is 0. The first-order chi connectivity index (χ1) is 5.21. The van der Waals surface area contributed by atoms with Crippen molar-refractivity contribution in [3.8, 4) is 0 Å². The molecule has 0 amide bonds. The third-order valence-electron chi connectivity index (χ3n) is 1.10. The van der Waals surface area contributed by atoms with E-state index in [9.17, 15) is 26.1 Å². The van der Waals surface area contributed by atoms with Crippen LogP contribution in [0.1, 0.15) is 19.3 Å². The highest BCUT2D eigenvalue weighted by Crippen LogP contribution is 2.22. The van der Waals surface area contributed by atoms with Gasteiger partial charge in [-0.3, -0.25) is 0 Å². The van der Waals surface area contributed by atoms with Crippen LogP contribution in [0.25, 0.3) is 0 Å². The van der Waals surface area contributed by atoms with Crippen LogP contribution in [0, 0.1) is 0 Å². The minimum atomic E-state index is -4.36. The van der Waals surface area contributed by atoms with E-state index in [2.05, 4.69) is 0 Å². The molecule has 0 aromatic heterocycles. The first-order valence-electron chi connectivity index (χ1n) is 3.21. The van der Waals surface area contributed by atoms with E-state index in [0.717, 1.165) is 0 Å². The lowest BCUT2D eigenvalue weighted by Crippen LogP contribution is -2.09. The van der Waals surface area contributed by atoms with Crippen LogP contribution < -0.4 is 0 Å². The highest BCUT2D eigenvalue weighted by Gasteiger charge is 2.25. The molecule has 12 heavy (non-hydrogen) atoms. The van der Waals surface area contributed by atoms with Crippen molar-refractivity contribution in [1.82, 2.24) is 0 Å². The molecular weight excluding hydrogens is 197 g/mol. The Morgan fingerprint density at radius 3 is 2.00 bits per heavy atom. The molecule has 0 atom stereocenters. The highest BCUT2D eigenvalue weighted by atomic mass is 32.2. The van der Waals surface area contributed by atoms with Gasteiger partial charge in [0.05, 0.1) is 10.1 Å². The third-order valence-corrected chi connectivity index (χ3v) is 1.89. The Morgan fingerprint density at radius 1 is 1.17 bits per heavy atom. The molecule has 0 aliphatic heterocycles. The molecule has 74 valence electrons. The van der Waals surface area contributed by atoms with Gasteiger partial charge in [-0.2, -0.15) is 13.2 Å². The van der Waals surface area contributed by atoms with Crippen LogP contribution in [0.5, 0.6) is 0 Å². The van der Waals surface area contributed by atoms with E-state index >= 15 is 0 Å². The SMILES string of the molecule is O=S(=O)([O-])CCCCC(F)(F)F. The lowest BCUT2D eigenvalue weighted by Gasteiger charge is -2.07. The van der Waals surface area contributed by atoms with Gasteiger partial charge in [0.1, 0.15) is 0 Å². The van der Waals surface area contributed by atoms with E-state index in [0.29, 0.717) is 0 Å². The summed E-state index contributed by atoms with van der Waals surface area (Å²) in [6.07, 6.45) is -5.86. The number of halogens is 3. The largest absolute Gasteiger partial charge is 0.748 e. The van der Waals surface area contributed by atoms with Gasteiger partial charge >= 0.3 is 6.18 Å². The topological polar surface area (TPSA) is 57.2 Å². The van der Waals surface area contributed by atoms with Gasteiger partial charge in [-0.25, -0.2) is 8.42 Å². The second-order valence-corrected chi connectivity index (χ2v) is 3.86. The molecular formula is C5H8F3O3S-. The van der Waals surface area contributed by atoms with E-state index < -0.39 is 28.5 Å². The summed E-state index contributed by atoms with van der Waals surface area (Å²) < 4.78 is 64.1. The van der Waals surface area contributed by atoms with Crippen LogP contribution in [0.15, 0.2) is 0 Å². The Labute approximate surface area is 68.3 Å². The van der Waals surface area contributed by atoms with E-state index in [1.165, 1.54) is 0 Å². The van der Waals surface area contributed by atoms with E-state index in [1.807, 2.05) is 0 Å². The van der Waals surface area contributed by atoms with Gasteiger partial charge in [-0.1, -0.05) is 0 Å². The molecule has 0 rings (SSSR count). The summed E-state index contributed by atoms with van der Waals surface area (Å²) in [6.45, 7) is 0. The molecule has 0 fully saturated rings. The lowest BCUT2D eigenvalue weighted by atomic mass is 10.2. The quantitative estimate of drug-likeness (QED) is 0.513. The monoisotopic (exact) mass is 205 g/mol. The van der Waals surface area contributed by atoms with Gasteiger partial charge in [0.25, 0.3) is 0 Å². The maximum atomic E-state index is 11.4. The smallest absolute Gasteiger partial charge is 0.389 e. The molecule has 0 heterocycles. The molecule has 0 aliphatic carbocycles. The summed E-state index contributed by atoms with van der Waals surface area (Å²) in [5.74, 6) is -0.719. The Bertz CT molecular complexity index is 219. The fourth-order valence-corrected chi connectivity index (χ4v) is 1.16. The van der Waals surface area contributed by atoms with Crippen molar-refractivity contribution < 1.29 is 26.1 Å². The van der Waals surface area contributed by atoms with Crippen molar-refractivity contribution in [3.63, 3.8) is 0 Å². The van der Waals surface area contributed by atoms with Crippen molar-refractivity contribution in [2.24, 2.45) is 0 Å². The number of alkyl halides is 3. The van der Waals surface area contributed by atoms with Crippen molar-refractivity contribution >= 4 is 10.1 Å². The molecule has 0 aromatic rings. The Morgan fingerprint density at radius 2 is 1.67 bits per heavy atom. The Hall–Kier alpha value is -0.300. The Balaban J connectivity index is 3.48. The molecule has 7 heteroatoms. The summed E-state index contributed by atoms with van der Waals surface area (Å²) in [5.41, 5.74) is 0.